The number of methoxy groups -OCH3 is 2. The zero-order valence-electron chi connectivity index (χ0n) is 21.9. The minimum Gasteiger partial charge on any atom is -0.480 e. The summed E-state index contributed by atoms with van der Waals surface area (Å²) < 4.78 is 14.3. The molecule has 0 atom stereocenters. The lowest BCUT2D eigenvalue weighted by atomic mass is 9.85. The summed E-state index contributed by atoms with van der Waals surface area (Å²) in [5.41, 5.74) is 0.661. The van der Waals surface area contributed by atoms with Crippen molar-refractivity contribution in [2.24, 2.45) is 0 Å². The van der Waals surface area contributed by atoms with Crippen molar-refractivity contribution in [2.75, 3.05) is 26.1 Å². The van der Waals surface area contributed by atoms with Gasteiger partial charge >= 0.3 is 0 Å². The van der Waals surface area contributed by atoms with E-state index < -0.39 is 11.5 Å². The van der Waals surface area contributed by atoms with Crippen LogP contribution in [0.25, 0.3) is 11.2 Å². The van der Waals surface area contributed by atoms with E-state index >= 15 is 0 Å². The normalized spacial score (nSPS) is 11.6. The van der Waals surface area contributed by atoms with Gasteiger partial charge in [-0.3, -0.25) is 14.8 Å². The fourth-order valence-corrected chi connectivity index (χ4v) is 4.49. The van der Waals surface area contributed by atoms with Crippen LogP contribution in [-0.2, 0) is 23.4 Å². The van der Waals surface area contributed by atoms with Crippen LogP contribution < -0.4 is 10.1 Å². The molecule has 0 aliphatic carbocycles. The second-order valence-corrected chi connectivity index (χ2v) is 8.79. The molecule has 0 aliphatic rings. The van der Waals surface area contributed by atoms with Gasteiger partial charge in [0.25, 0.3) is 5.91 Å². The fourth-order valence-electron chi connectivity index (χ4n) is 4.49. The van der Waals surface area contributed by atoms with Crippen LogP contribution in [-0.4, -0.2) is 61.1 Å². The molecular weight excluding hydrogens is 498 g/mol. The number of aryl methyl sites for hydroxylation is 1. The largest absolute Gasteiger partial charge is 0.480 e. The molecular formula is C28H29N7O4. The van der Waals surface area contributed by atoms with Gasteiger partial charge < -0.3 is 19.1 Å². The number of ether oxygens (including phenoxy) is 2. The zero-order chi connectivity index (χ0) is 27.4. The highest BCUT2D eigenvalue weighted by molar-refractivity contribution is 6.06. The Morgan fingerprint density at radius 3 is 2.26 bits per heavy atom. The summed E-state index contributed by atoms with van der Waals surface area (Å²) in [4.78, 5) is 26.8. The third-order valence-electron chi connectivity index (χ3n) is 6.46. The van der Waals surface area contributed by atoms with E-state index in [9.17, 15) is 9.90 Å². The molecule has 0 fully saturated rings. The summed E-state index contributed by atoms with van der Waals surface area (Å²) in [6.45, 7) is 3.23. The van der Waals surface area contributed by atoms with Gasteiger partial charge in [0.1, 0.15) is 11.9 Å². The average Bonchev–Trinajstić information content (AvgIpc) is 3.59. The Morgan fingerprint density at radius 2 is 1.69 bits per heavy atom. The minimum absolute atomic E-state index is 0.0841. The van der Waals surface area contributed by atoms with Crippen LogP contribution >= 0.6 is 0 Å². The zero-order valence-corrected chi connectivity index (χ0v) is 21.9. The molecule has 5 aromatic rings. The van der Waals surface area contributed by atoms with Crippen molar-refractivity contribution >= 4 is 23.0 Å². The van der Waals surface area contributed by atoms with Gasteiger partial charge in [-0.1, -0.05) is 60.7 Å². The van der Waals surface area contributed by atoms with Gasteiger partial charge in [-0.2, -0.15) is 4.98 Å². The smallest absolute Gasteiger partial charge is 0.263 e. The van der Waals surface area contributed by atoms with Crippen LogP contribution in [0.5, 0.6) is 5.88 Å². The number of hydrogen-bond acceptors (Lipinski definition) is 8. The molecule has 11 heteroatoms. The lowest BCUT2D eigenvalue weighted by Crippen LogP contribution is -2.33. The van der Waals surface area contributed by atoms with E-state index in [0.29, 0.717) is 47.8 Å². The van der Waals surface area contributed by atoms with Crippen LogP contribution in [0.2, 0.25) is 0 Å². The van der Waals surface area contributed by atoms with Crippen molar-refractivity contribution in [2.45, 2.75) is 25.6 Å². The molecule has 5 rings (SSSR count). The van der Waals surface area contributed by atoms with E-state index in [-0.39, 0.29) is 17.4 Å². The predicted octanol–water partition coefficient (Wildman–Crippen LogP) is 3.23. The van der Waals surface area contributed by atoms with Gasteiger partial charge in [-0.15, -0.1) is 5.10 Å². The fraction of sp³-hybridized carbons (Fsp3) is 0.250. The number of pyridine rings is 1. The highest BCUT2D eigenvalue weighted by Crippen LogP contribution is 2.38. The standard InChI is InChI=1S/C28H29N7O4/c1-4-34-18-29-27(33-34)32-24(36)21-17-22-23(30-25(21)39-3)31-26(35(22)15-16-38-2)28(37,19-11-7-5-8-12-19)20-13-9-6-10-14-20/h5-14,17-18,37H,4,15-16H2,1-3H3,(H,32,33,36). The van der Waals surface area contributed by atoms with Crippen LogP contribution in [0.1, 0.15) is 34.2 Å². The summed E-state index contributed by atoms with van der Waals surface area (Å²) in [6.07, 6.45) is 1.54. The minimum atomic E-state index is -1.62. The Kier molecular flexibility index (Phi) is 7.35. The summed E-state index contributed by atoms with van der Waals surface area (Å²) in [5, 5.41) is 19.4. The van der Waals surface area contributed by atoms with Gasteiger partial charge in [0.2, 0.25) is 11.8 Å². The lowest BCUT2D eigenvalue weighted by Gasteiger charge is -2.29. The van der Waals surface area contributed by atoms with Gasteiger partial charge in [0.05, 0.1) is 19.2 Å². The highest BCUT2D eigenvalue weighted by atomic mass is 16.5. The number of hydrogen-bond donors (Lipinski definition) is 2. The Morgan fingerprint density at radius 1 is 1.03 bits per heavy atom. The van der Waals surface area contributed by atoms with E-state index in [2.05, 4.69) is 20.4 Å². The predicted molar refractivity (Wildman–Crippen MR) is 145 cm³/mol. The maximum Gasteiger partial charge on any atom is 0.263 e. The van der Waals surface area contributed by atoms with Crippen molar-refractivity contribution in [3.63, 3.8) is 0 Å². The summed E-state index contributed by atoms with van der Waals surface area (Å²) in [6, 6.07) is 20.3. The summed E-state index contributed by atoms with van der Waals surface area (Å²) >= 11 is 0. The second kappa shape index (κ2) is 11.0. The number of rotatable bonds is 10. The third kappa shape index (κ3) is 4.85. The van der Waals surface area contributed by atoms with E-state index in [1.807, 2.05) is 72.2 Å². The Bertz CT molecular complexity index is 1540. The molecule has 11 nitrogen and oxygen atoms in total. The van der Waals surface area contributed by atoms with Crippen LogP contribution in [0.4, 0.5) is 5.95 Å². The Hall–Kier alpha value is -4.61. The number of benzene rings is 2. The number of nitrogens with one attached hydrogen (secondary N) is 1. The molecule has 2 aromatic carbocycles. The first-order chi connectivity index (χ1) is 19.0. The topological polar surface area (TPSA) is 129 Å². The molecule has 0 bridgehead atoms. The molecule has 1 amide bonds. The van der Waals surface area contributed by atoms with Gasteiger partial charge in [-0.25, -0.2) is 9.97 Å². The van der Waals surface area contributed by atoms with E-state index in [0.717, 1.165) is 0 Å². The average molecular weight is 528 g/mol. The van der Waals surface area contributed by atoms with Crippen molar-refractivity contribution in [3.05, 3.63) is 95.6 Å². The van der Waals surface area contributed by atoms with Gasteiger partial charge in [-0.05, 0) is 24.1 Å². The lowest BCUT2D eigenvalue weighted by molar-refractivity contribution is 0.102. The Balaban J connectivity index is 1.70. The molecule has 0 spiro atoms. The Labute approximate surface area is 225 Å². The molecule has 0 unspecified atom stereocenters. The number of aromatic nitrogens is 6. The van der Waals surface area contributed by atoms with Crippen molar-refractivity contribution in [3.8, 4) is 5.88 Å². The second-order valence-electron chi connectivity index (χ2n) is 8.79. The molecule has 39 heavy (non-hydrogen) atoms. The SMILES string of the molecule is CCn1cnc(NC(=O)c2cc3c(nc2OC)nc(C(O)(c2ccccc2)c2ccccc2)n3CCOC)n1. The highest BCUT2D eigenvalue weighted by Gasteiger charge is 2.39. The maximum absolute atomic E-state index is 13.3. The number of carbonyl (C=O) groups is 1. The monoisotopic (exact) mass is 527 g/mol. The summed E-state index contributed by atoms with van der Waals surface area (Å²) in [7, 11) is 3.03. The van der Waals surface area contributed by atoms with Crippen LogP contribution in [0.3, 0.4) is 0 Å². The number of carbonyl (C=O) groups excluding carboxylic acids is 1. The van der Waals surface area contributed by atoms with E-state index in [1.165, 1.54) is 13.4 Å². The number of fused-ring (bicyclic) bond motifs is 1. The number of aliphatic hydroxyl groups is 1. The first-order valence-corrected chi connectivity index (χ1v) is 12.5. The number of amides is 1. The van der Waals surface area contributed by atoms with Crippen molar-refractivity contribution in [1.82, 2.24) is 29.3 Å². The number of nitrogens with zero attached hydrogens (tertiary/aromatic N) is 6. The molecule has 200 valence electrons. The number of imidazole rings is 1. The molecule has 0 radical (unpaired) electrons. The van der Waals surface area contributed by atoms with Crippen molar-refractivity contribution < 1.29 is 19.4 Å². The molecule has 3 heterocycles. The van der Waals surface area contributed by atoms with E-state index in [4.69, 9.17) is 14.5 Å². The molecule has 2 N–H and O–H groups in total. The van der Waals surface area contributed by atoms with Crippen molar-refractivity contribution in [1.29, 1.82) is 0 Å². The quantitative estimate of drug-likeness (QED) is 0.283. The van der Waals surface area contributed by atoms with Crippen LogP contribution in [0.15, 0.2) is 73.1 Å². The molecule has 0 aliphatic heterocycles. The molecule has 0 saturated carbocycles. The van der Waals surface area contributed by atoms with Gasteiger partial charge in [0, 0.05) is 20.2 Å². The van der Waals surface area contributed by atoms with Crippen LogP contribution in [0, 0.1) is 0 Å². The van der Waals surface area contributed by atoms with E-state index in [1.54, 1.807) is 17.9 Å². The third-order valence-corrected chi connectivity index (χ3v) is 6.46. The molecule has 0 saturated heterocycles. The number of anilines is 1. The first kappa shape index (κ1) is 26.0. The van der Waals surface area contributed by atoms with Gasteiger partial charge in [0.15, 0.2) is 17.1 Å². The maximum atomic E-state index is 13.3. The summed E-state index contributed by atoms with van der Waals surface area (Å²) in [5.74, 6) is 0.0980. The molecule has 3 aromatic heterocycles. The first-order valence-electron chi connectivity index (χ1n) is 12.5.